The summed E-state index contributed by atoms with van der Waals surface area (Å²) in [5.74, 6) is 1.04. The highest BCUT2D eigenvalue weighted by Crippen LogP contribution is 2.54. The zero-order valence-corrected chi connectivity index (χ0v) is 9.18. The highest BCUT2D eigenvalue weighted by molar-refractivity contribution is 5.98. The second-order valence-corrected chi connectivity index (χ2v) is 4.53. The molecule has 3 aliphatic rings. The Morgan fingerprint density at radius 2 is 2.44 bits per heavy atom. The van der Waals surface area contributed by atoms with Gasteiger partial charge in [0.1, 0.15) is 23.3 Å². The second kappa shape index (κ2) is 2.88. The highest BCUT2D eigenvalue weighted by atomic mass is 16.5. The van der Waals surface area contributed by atoms with Crippen molar-refractivity contribution in [2.24, 2.45) is 16.8 Å². The van der Waals surface area contributed by atoms with Crippen LogP contribution in [0.5, 0.6) is 0 Å². The van der Waals surface area contributed by atoms with E-state index in [1.54, 1.807) is 6.26 Å². The van der Waals surface area contributed by atoms with E-state index in [2.05, 4.69) is 24.1 Å². The Labute approximate surface area is 93.9 Å². The molecule has 0 aromatic carbocycles. The van der Waals surface area contributed by atoms with Crippen LogP contribution in [0.15, 0.2) is 29.0 Å². The van der Waals surface area contributed by atoms with Crippen LogP contribution in [-0.4, -0.2) is 24.7 Å². The number of fused-ring (bicyclic) bond motifs is 4. The van der Waals surface area contributed by atoms with Gasteiger partial charge in [0.05, 0.1) is 13.4 Å². The van der Waals surface area contributed by atoms with Crippen molar-refractivity contribution in [3.63, 3.8) is 0 Å². The first-order chi connectivity index (χ1) is 7.70. The normalized spacial score (nSPS) is 42.9. The fraction of sp³-hybridized carbons (Fsp3) is 0.500. The molecule has 4 nitrogen and oxygen atoms in total. The predicted octanol–water partition coefficient (Wildman–Crippen LogP) is 1.41. The molecule has 1 aliphatic carbocycles. The van der Waals surface area contributed by atoms with Crippen molar-refractivity contribution >= 4 is 5.90 Å². The Morgan fingerprint density at radius 1 is 1.62 bits per heavy atom. The van der Waals surface area contributed by atoms with Crippen molar-refractivity contribution in [3.8, 4) is 6.07 Å². The zero-order chi connectivity index (χ0) is 11.3. The lowest BCUT2D eigenvalue weighted by molar-refractivity contribution is -0.0565. The molecule has 1 saturated carbocycles. The monoisotopic (exact) mass is 216 g/mol. The molecule has 0 unspecified atom stereocenters. The molecular formula is C12H12N2O2. The SMILES string of the molecule is COC1=N[C@]2(C)[C@@H]3OC=C[C@@H]3[C@@H]2C=C1C#N. The lowest BCUT2D eigenvalue weighted by atomic mass is 9.57. The summed E-state index contributed by atoms with van der Waals surface area (Å²) < 4.78 is 10.7. The third-order valence-electron chi connectivity index (χ3n) is 3.77. The topological polar surface area (TPSA) is 54.6 Å². The van der Waals surface area contributed by atoms with Gasteiger partial charge < -0.3 is 9.47 Å². The van der Waals surface area contributed by atoms with Gasteiger partial charge in [0.25, 0.3) is 0 Å². The van der Waals surface area contributed by atoms with Gasteiger partial charge >= 0.3 is 0 Å². The highest BCUT2D eigenvalue weighted by Gasteiger charge is 2.62. The van der Waals surface area contributed by atoms with E-state index in [1.165, 1.54) is 7.11 Å². The molecule has 0 saturated heterocycles. The Morgan fingerprint density at radius 3 is 3.12 bits per heavy atom. The summed E-state index contributed by atoms with van der Waals surface area (Å²) in [6.07, 6.45) is 5.85. The van der Waals surface area contributed by atoms with Crippen LogP contribution in [-0.2, 0) is 9.47 Å². The molecule has 0 amide bonds. The first-order valence-corrected chi connectivity index (χ1v) is 5.29. The number of nitriles is 1. The van der Waals surface area contributed by atoms with Crippen LogP contribution in [0, 0.1) is 23.2 Å². The number of aliphatic imine (C=N–C) groups is 1. The molecule has 0 aromatic rings. The van der Waals surface area contributed by atoms with E-state index in [-0.39, 0.29) is 17.6 Å². The number of nitrogens with zero attached hydrogens (tertiary/aromatic N) is 2. The Balaban J connectivity index is 2.02. The molecule has 16 heavy (non-hydrogen) atoms. The van der Waals surface area contributed by atoms with Gasteiger partial charge in [-0.3, -0.25) is 0 Å². The number of dihydropyridines is 1. The van der Waals surface area contributed by atoms with Crippen LogP contribution in [0.25, 0.3) is 0 Å². The molecule has 0 N–H and O–H groups in total. The van der Waals surface area contributed by atoms with Gasteiger partial charge in [0, 0.05) is 11.8 Å². The molecule has 82 valence electrons. The van der Waals surface area contributed by atoms with Crippen molar-refractivity contribution in [3.05, 3.63) is 24.0 Å². The first kappa shape index (κ1) is 9.46. The lowest BCUT2D eigenvalue weighted by Gasteiger charge is -2.53. The standard InChI is InChI=1S/C12H12N2O2/c1-12-9(8-3-4-16-10(8)12)5-7(6-13)11(14-12)15-2/h3-5,8-10H,1-2H3/t8-,9+,10-,12+/m1/s1. The van der Waals surface area contributed by atoms with Crippen molar-refractivity contribution in [2.75, 3.05) is 7.11 Å². The summed E-state index contributed by atoms with van der Waals surface area (Å²) in [6.45, 7) is 2.05. The third-order valence-corrected chi connectivity index (χ3v) is 3.77. The molecule has 1 fully saturated rings. The molecule has 0 aromatic heterocycles. The van der Waals surface area contributed by atoms with Crippen molar-refractivity contribution in [2.45, 2.75) is 18.6 Å². The first-order valence-electron chi connectivity index (χ1n) is 5.29. The van der Waals surface area contributed by atoms with Gasteiger partial charge in [-0.1, -0.05) is 6.08 Å². The maximum Gasteiger partial charge on any atom is 0.227 e. The van der Waals surface area contributed by atoms with Crippen LogP contribution >= 0.6 is 0 Å². The smallest absolute Gasteiger partial charge is 0.227 e. The van der Waals surface area contributed by atoms with Crippen molar-refractivity contribution < 1.29 is 9.47 Å². The number of methoxy groups -OCH3 is 1. The Kier molecular flexibility index (Phi) is 1.70. The van der Waals surface area contributed by atoms with Gasteiger partial charge in [-0.25, -0.2) is 4.99 Å². The molecule has 0 bridgehead atoms. The van der Waals surface area contributed by atoms with Crippen LogP contribution in [0.1, 0.15) is 6.92 Å². The number of rotatable bonds is 0. The fourth-order valence-corrected chi connectivity index (χ4v) is 2.90. The van der Waals surface area contributed by atoms with E-state index in [1.807, 2.05) is 6.08 Å². The summed E-state index contributed by atoms with van der Waals surface area (Å²) in [7, 11) is 1.54. The van der Waals surface area contributed by atoms with Gasteiger partial charge in [-0.15, -0.1) is 0 Å². The summed E-state index contributed by atoms with van der Waals surface area (Å²) >= 11 is 0. The summed E-state index contributed by atoms with van der Waals surface area (Å²) in [5, 5.41) is 9.02. The van der Waals surface area contributed by atoms with Gasteiger partial charge in [0.2, 0.25) is 5.90 Å². The molecule has 0 spiro atoms. The second-order valence-electron chi connectivity index (χ2n) is 4.53. The Bertz CT molecular complexity index is 472. The van der Waals surface area contributed by atoms with Crippen molar-refractivity contribution in [1.82, 2.24) is 0 Å². The van der Waals surface area contributed by atoms with E-state index >= 15 is 0 Å². The minimum atomic E-state index is -0.278. The summed E-state index contributed by atoms with van der Waals surface area (Å²) in [5.41, 5.74) is 0.253. The average molecular weight is 216 g/mol. The van der Waals surface area contributed by atoms with E-state index in [4.69, 9.17) is 14.7 Å². The average Bonchev–Trinajstić information content (AvgIpc) is 2.73. The lowest BCUT2D eigenvalue weighted by Crippen LogP contribution is -2.63. The third kappa shape index (κ3) is 0.909. The van der Waals surface area contributed by atoms with Crippen LogP contribution in [0.3, 0.4) is 0 Å². The summed E-state index contributed by atoms with van der Waals surface area (Å²) in [6, 6.07) is 2.13. The van der Waals surface area contributed by atoms with Crippen LogP contribution in [0.4, 0.5) is 0 Å². The maximum atomic E-state index is 9.02. The van der Waals surface area contributed by atoms with E-state index < -0.39 is 0 Å². The van der Waals surface area contributed by atoms with Crippen LogP contribution in [0.2, 0.25) is 0 Å². The van der Waals surface area contributed by atoms with Gasteiger partial charge in [-0.2, -0.15) is 5.26 Å². The van der Waals surface area contributed by atoms with E-state index in [0.717, 1.165) is 0 Å². The van der Waals surface area contributed by atoms with Crippen molar-refractivity contribution in [1.29, 1.82) is 5.26 Å². The summed E-state index contributed by atoms with van der Waals surface area (Å²) in [4.78, 5) is 4.53. The van der Waals surface area contributed by atoms with Gasteiger partial charge in [-0.05, 0) is 13.0 Å². The maximum absolute atomic E-state index is 9.02. The molecule has 3 rings (SSSR count). The van der Waals surface area contributed by atoms with Gasteiger partial charge in [0.15, 0.2) is 0 Å². The van der Waals surface area contributed by atoms with Crippen LogP contribution < -0.4 is 0 Å². The molecule has 2 heterocycles. The van der Waals surface area contributed by atoms with E-state index in [9.17, 15) is 0 Å². The zero-order valence-electron chi connectivity index (χ0n) is 9.18. The number of ether oxygens (including phenoxy) is 2. The van der Waals surface area contributed by atoms with E-state index in [0.29, 0.717) is 17.4 Å². The molecule has 4 atom stereocenters. The molecular weight excluding hydrogens is 204 g/mol. The number of hydrogen-bond donors (Lipinski definition) is 0. The quantitative estimate of drug-likeness (QED) is 0.615. The minimum Gasteiger partial charge on any atom is -0.495 e. The fourth-order valence-electron chi connectivity index (χ4n) is 2.90. The Hall–Kier alpha value is -1.76. The predicted molar refractivity (Wildman–Crippen MR) is 57.5 cm³/mol. The molecule has 0 radical (unpaired) electrons. The molecule has 4 heteroatoms. The number of hydrogen-bond acceptors (Lipinski definition) is 4. The largest absolute Gasteiger partial charge is 0.495 e. The minimum absolute atomic E-state index is 0.0964. The molecule has 2 aliphatic heterocycles.